The first kappa shape index (κ1) is 75.5. The topological polar surface area (TPSA) is 78.9 Å². The summed E-state index contributed by atoms with van der Waals surface area (Å²) in [5, 5.41) is 0. The zero-order chi connectivity index (χ0) is 58.5. The van der Waals surface area contributed by atoms with Crippen LogP contribution in [-0.2, 0) is 28.6 Å². The molecule has 0 aliphatic rings. The van der Waals surface area contributed by atoms with Gasteiger partial charge >= 0.3 is 17.9 Å². The third-order valence-electron chi connectivity index (χ3n) is 12.9. The third-order valence-corrected chi connectivity index (χ3v) is 12.9. The maximum atomic E-state index is 12.9. The predicted octanol–water partition coefficient (Wildman–Crippen LogP) is 22.4. The molecule has 452 valence electrons. The molecule has 1 atom stereocenters. The van der Waals surface area contributed by atoms with Gasteiger partial charge in [-0.1, -0.05) is 274 Å². The Morgan fingerprint density at radius 1 is 0.259 bits per heavy atom. The molecule has 6 nitrogen and oxygen atoms in total. The maximum Gasteiger partial charge on any atom is 0.306 e. The Morgan fingerprint density at radius 3 is 0.778 bits per heavy atom. The average molecular weight is 1110 g/mol. The zero-order valence-electron chi connectivity index (χ0n) is 51.7. The molecule has 0 spiro atoms. The van der Waals surface area contributed by atoms with Crippen LogP contribution < -0.4 is 0 Å². The number of esters is 3. The fourth-order valence-electron chi connectivity index (χ4n) is 8.14. The number of ether oxygens (including phenoxy) is 3. The van der Waals surface area contributed by atoms with Gasteiger partial charge in [0.1, 0.15) is 13.2 Å². The van der Waals surface area contributed by atoms with Crippen LogP contribution in [0, 0.1) is 0 Å². The summed E-state index contributed by atoms with van der Waals surface area (Å²) in [5.74, 6) is -0.976. The molecule has 0 saturated heterocycles. The highest BCUT2D eigenvalue weighted by Crippen LogP contribution is 2.14. The standard InChI is InChI=1S/C75H116O6/c1-4-7-10-13-16-18-20-22-24-26-28-30-32-33-34-35-36-37-38-39-40-41-43-44-46-48-50-52-54-56-59-62-65-68-74(77)80-71-72(70-79-73(76)67-64-61-58-15-12-9-6-3)81-75(78)69-66-63-60-57-55-53-51-49-47-45-42-31-29-27-25-23-21-19-17-14-11-8-5-2/h7-8,10-11,16-19,22-25,28-31,33-34,36-37,39-40,43-45,47-48,50,54,56,72H,4-6,9,12-15,20-21,26-27,32,35,38,41-42,46,49,51-53,55,57-71H2,1-3H3/b10-7-,11-8-,18-16-,19-17-,24-22-,25-23-,30-28-,31-29-,34-33-,37-36-,40-39-,44-43-,47-45-,50-48-,56-54-. The van der Waals surface area contributed by atoms with E-state index < -0.39 is 6.10 Å². The molecule has 1 unspecified atom stereocenters. The lowest BCUT2D eigenvalue weighted by Crippen LogP contribution is -2.30. The molecule has 0 bridgehead atoms. The highest BCUT2D eigenvalue weighted by Gasteiger charge is 2.19. The van der Waals surface area contributed by atoms with Crippen molar-refractivity contribution >= 4 is 17.9 Å². The molecule has 0 N–H and O–H groups in total. The first-order chi connectivity index (χ1) is 40.0. The van der Waals surface area contributed by atoms with Crippen LogP contribution in [0.5, 0.6) is 0 Å². The van der Waals surface area contributed by atoms with Gasteiger partial charge in [-0.15, -0.1) is 0 Å². The van der Waals surface area contributed by atoms with Gasteiger partial charge in [0.2, 0.25) is 0 Å². The molecule has 0 aromatic carbocycles. The number of hydrogen-bond donors (Lipinski definition) is 0. The fraction of sp³-hybridized carbons (Fsp3) is 0.560. The molecule has 0 fully saturated rings. The van der Waals surface area contributed by atoms with Crippen molar-refractivity contribution in [3.8, 4) is 0 Å². The second kappa shape index (κ2) is 67.0. The smallest absolute Gasteiger partial charge is 0.306 e. The van der Waals surface area contributed by atoms with Crippen LogP contribution in [0.25, 0.3) is 0 Å². The lowest BCUT2D eigenvalue weighted by molar-refractivity contribution is -0.167. The second-order valence-corrected chi connectivity index (χ2v) is 20.6. The summed E-state index contributed by atoms with van der Waals surface area (Å²) in [4.78, 5) is 38.1. The van der Waals surface area contributed by atoms with Crippen LogP contribution in [0.1, 0.15) is 252 Å². The van der Waals surface area contributed by atoms with E-state index in [1.807, 2.05) is 0 Å². The van der Waals surface area contributed by atoms with Gasteiger partial charge in [0.15, 0.2) is 6.10 Å². The lowest BCUT2D eigenvalue weighted by atomic mass is 10.1. The van der Waals surface area contributed by atoms with Gasteiger partial charge in [-0.25, -0.2) is 0 Å². The minimum absolute atomic E-state index is 0.104. The van der Waals surface area contributed by atoms with E-state index in [-0.39, 0.29) is 31.1 Å². The number of rotatable bonds is 56. The summed E-state index contributed by atoms with van der Waals surface area (Å²) >= 11 is 0. The molecule has 81 heavy (non-hydrogen) atoms. The molecular formula is C75H116O6. The SMILES string of the molecule is CC/C=C\C/C=C\C/C=C\C/C=C\C/C=C\C/C=C\C/C=C\C/C=C\C/C=C\C/C=C\CCCCC(=O)OCC(COC(=O)CCCCCCCCC)OC(=O)CCCCCCCCC/C=C\C/C=C\C/C=C\C/C=C\C/C=C\CC. The van der Waals surface area contributed by atoms with Crippen LogP contribution in [0.4, 0.5) is 0 Å². The largest absolute Gasteiger partial charge is 0.462 e. The normalized spacial score (nSPS) is 13.4. The Kier molecular flexibility index (Phi) is 62.5. The van der Waals surface area contributed by atoms with Crippen LogP contribution >= 0.6 is 0 Å². The molecular weight excluding hydrogens is 997 g/mol. The summed E-state index contributed by atoms with van der Waals surface area (Å²) in [6, 6.07) is 0. The summed E-state index contributed by atoms with van der Waals surface area (Å²) in [5.41, 5.74) is 0. The van der Waals surface area contributed by atoms with Crippen molar-refractivity contribution in [3.05, 3.63) is 182 Å². The molecule has 0 aliphatic heterocycles. The van der Waals surface area contributed by atoms with Crippen LogP contribution in [0.15, 0.2) is 182 Å². The van der Waals surface area contributed by atoms with Crippen LogP contribution in [0.3, 0.4) is 0 Å². The third kappa shape index (κ3) is 65.2. The Labute approximate surface area is 497 Å². The number of hydrogen-bond acceptors (Lipinski definition) is 6. The molecule has 0 amide bonds. The molecule has 0 rings (SSSR count). The Bertz CT molecular complexity index is 1900. The molecule has 0 aromatic rings. The molecule has 0 aromatic heterocycles. The summed E-state index contributed by atoms with van der Waals surface area (Å²) in [6.07, 6.45) is 101. The van der Waals surface area contributed by atoms with E-state index in [1.54, 1.807) is 0 Å². The highest BCUT2D eigenvalue weighted by molar-refractivity contribution is 5.71. The van der Waals surface area contributed by atoms with E-state index in [2.05, 4.69) is 203 Å². The minimum atomic E-state index is -0.810. The van der Waals surface area contributed by atoms with Gasteiger partial charge in [-0.3, -0.25) is 14.4 Å². The molecule has 0 heterocycles. The zero-order valence-corrected chi connectivity index (χ0v) is 51.7. The van der Waals surface area contributed by atoms with Gasteiger partial charge in [0.05, 0.1) is 0 Å². The summed E-state index contributed by atoms with van der Waals surface area (Å²) in [7, 11) is 0. The van der Waals surface area contributed by atoms with E-state index in [0.717, 1.165) is 161 Å². The maximum absolute atomic E-state index is 12.9. The van der Waals surface area contributed by atoms with Gasteiger partial charge < -0.3 is 14.2 Å². The molecule has 6 heteroatoms. The van der Waals surface area contributed by atoms with Crippen molar-refractivity contribution < 1.29 is 28.6 Å². The lowest BCUT2D eigenvalue weighted by Gasteiger charge is -2.18. The molecule has 0 aliphatic carbocycles. The number of unbranched alkanes of at least 4 members (excludes halogenated alkanes) is 15. The van der Waals surface area contributed by atoms with Gasteiger partial charge in [0.25, 0.3) is 0 Å². The van der Waals surface area contributed by atoms with Crippen LogP contribution in [-0.4, -0.2) is 37.2 Å². The van der Waals surface area contributed by atoms with Crippen molar-refractivity contribution in [1.82, 2.24) is 0 Å². The van der Waals surface area contributed by atoms with Crippen molar-refractivity contribution in [2.24, 2.45) is 0 Å². The Hall–Kier alpha value is -5.49. The van der Waals surface area contributed by atoms with E-state index in [1.165, 1.54) is 44.9 Å². The number of carbonyl (C=O) groups excluding carboxylic acids is 3. The fourth-order valence-corrected chi connectivity index (χ4v) is 8.14. The van der Waals surface area contributed by atoms with Gasteiger partial charge in [0, 0.05) is 19.3 Å². The van der Waals surface area contributed by atoms with Crippen molar-refractivity contribution in [3.63, 3.8) is 0 Å². The van der Waals surface area contributed by atoms with E-state index in [9.17, 15) is 14.4 Å². The quantitative estimate of drug-likeness (QED) is 0.0261. The van der Waals surface area contributed by atoms with Crippen molar-refractivity contribution in [2.75, 3.05) is 13.2 Å². The first-order valence-corrected chi connectivity index (χ1v) is 32.3. The number of allylic oxidation sites excluding steroid dienone is 30. The van der Waals surface area contributed by atoms with E-state index in [0.29, 0.717) is 25.7 Å². The highest BCUT2D eigenvalue weighted by atomic mass is 16.6. The summed E-state index contributed by atoms with van der Waals surface area (Å²) < 4.78 is 16.8. The summed E-state index contributed by atoms with van der Waals surface area (Å²) in [6.45, 7) is 6.31. The average Bonchev–Trinajstić information content (AvgIpc) is 3.47. The van der Waals surface area contributed by atoms with E-state index in [4.69, 9.17) is 14.2 Å². The Morgan fingerprint density at radius 2 is 0.481 bits per heavy atom. The molecule has 0 radical (unpaired) electrons. The predicted molar refractivity (Wildman–Crippen MR) is 352 cm³/mol. The van der Waals surface area contributed by atoms with E-state index >= 15 is 0 Å². The molecule has 0 saturated carbocycles. The number of carbonyl (C=O) groups is 3. The minimum Gasteiger partial charge on any atom is -0.462 e. The van der Waals surface area contributed by atoms with Crippen molar-refractivity contribution in [2.45, 2.75) is 258 Å². The second-order valence-electron chi connectivity index (χ2n) is 20.6. The van der Waals surface area contributed by atoms with Crippen LogP contribution in [0.2, 0.25) is 0 Å². The first-order valence-electron chi connectivity index (χ1n) is 32.3. The van der Waals surface area contributed by atoms with Gasteiger partial charge in [-0.2, -0.15) is 0 Å². The Balaban J connectivity index is 4.30. The van der Waals surface area contributed by atoms with Gasteiger partial charge in [-0.05, 0) is 141 Å². The van der Waals surface area contributed by atoms with Crippen molar-refractivity contribution in [1.29, 1.82) is 0 Å². The monoisotopic (exact) mass is 1110 g/mol.